The molecule has 72 valence electrons. The molecule has 0 aromatic heterocycles. The highest BCUT2D eigenvalue weighted by molar-refractivity contribution is 5.99. The Morgan fingerprint density at radius 3 is 3.08 bits per heavy atom. The van der Waals surface area contributed by atoms with Crippen molar-refractivity contribution >= 4 is 5.78 Å². The van der Waals surface area contributed by atoms with Crippen molar-refractivity contribution in [3.8, 4) is 0 Å². The van der Waals surface area contributed by atoms with E-state index < -0.39 is 6.10 Å². The smallest absolute Gasteiger partial charge is 0.202 e. The van der Waals surface area contributed by atoms with Gasteiger partial charge in [-0.25, -0.2) is 0 Å². The number of carbonyl (C=O) groups is 1. The van der Waals surface area contributed by atoms with Crippen molar-refractivity contribution in [3.63, 3.8) is 0 Å². The van der Waals surface area contributed by atoms with Crippen LogP contribution in [0.15, 0.2) is 11.3 Å². The van der Waals surface area contributed by atoms with Gasteiger partial charge in [0, 0.05) is 20.0 Å². The van der Waals surface area contributed by atoms with Gasteiger partial charge in [-0.3, -0.25) is 4.79 Å². The number of hydrogen-bond acceptors (Lipinski definition) is 4. The zero-order valence-corrected chi connectivity index (χ0v) is 7.45. The lowest BCUT2D eigenvalue weighted by Crippen LogP contribution is -2.29. The Balaban J connectivity index is 2.30. The Morgan fingerprint density at radius 2 is 2.38 bits per heavy atom. The van der Waals surface area contributed by atoms with E-state index in [1.54, 1.807) is 7.11 Å². The summed E-state index contributed by atoms with van der Waals surface area (Å²) in [5, 5.41) is 9.44. The maximum Gasteiger partial charge on any atom is 0.202 e. The predicted octanol–water partition coefficient (Wildman–Crippen LogP) is 0.00950. The van der Waals surface area contributed by atoms with Crippen LogP contribution in [0.3, 0.4) is 0 Å². The van der Waals surface area contributed by atoms with Gasteiger partial charge in [0.05, 0.1) is 17.8 Å². The van der Waals surface area contributed by atoms with Gasteiger partial charge in [0.15, 0.2) is 6.61 Å². The van der Waals surface area contributed by atoms with Gasteiger partial charge in [0.1, 0.15) is 5.76 Å². The quantitative estimate of drug-likeness (QED) is 0.623. The second-order valence-corrected chi connectivity index (χ2v) is 3.37. The van der Waals surface area contributed by atoms with Gasteiger partial charge in [-0.05, 0) is 0 Å². The Bertz CT molecular complexity index is 269. The first-order valence-electron chi connectivity index (χ1n) is 4.32. The number of aliphatic hydroxyl groups excluding tert-OH is 1. The zero-order chi connectivity index (χ0) is 9.42. The molecule has 2 aliphatic rings. The summed E-state index contributed by atoms with van der Waals surface area (Å²) in [6.45, 7) is 0.108. The highest BCUT2D eigenvalue weighted by Crippen LogP contribution is 2.32. The summed E-state index contributed by atoms with van der Waals surface area (Å²) in [6.07, 6.45) is 0.203. The molecule has 2 unspecified atom stereocenters. The van der Waals surface area contributed by atoms with Crippen molar-refractivity contribution in [2.75, 3.05) is 13.7 Å². The molecular formula is C9H12O4. The summed E-state index contributed by atoms with van der Waals surface area (Å²) in [7, 11) is 1.54. The second kappa shape index (κ2) is 3.12. The third-order valence-electron chi connectivity index (χ3n) is 2.49. The van der Waals surface area contributed by atoms with Gasteiger partial charge in [-0.2, -0.15) is 0 Å². The molecular weight excluding hydrogens is 172 g/mol. The summed E-state index contributed by atoms with van der Waals surface area (Å²) < 4.78 is 10.3. The summed E-state index contributed by atoms with van der Waals surface area (Å²) in [5.74, 6) is 0.615. The van der Waals surface area contributed by atoms with Gasteiger partial charge in [0.2, 0.25) is 5.78 Å². The third-order valence-corrected chi connectivity index (χ3v) is 2.49. The van der Waals surface area contributed by atoms with E-state index in [0.29, 0.717) is 24.2 Å². The molecule has 0 spiro atoms. The molecule has 0 aromatic rings. The molecule has 4 heteroatoms. The van der Waals surface area contributed by atoms with E-state index in [4.69, 9.17) is 9.47 Å². The van der Waals surface area contributed by atoms with Crippen LogP contribution in [0.4, 0.5) is 0 Å². The molecule has 0 saturated heterocycles. The number of methoxy groups -OCH3 is 1. The minimum Gasteiger partial charge on any atom is -0.489 e. The van der Waals surface area contributed by atoms with Crippen LogP contribution in [0.2, 0.25) is 0 Å². The lowest BCUT2D eigenvalue weighted by molar-refractivity contribution is -0.117. The molecule has 0 saturated carbocycles. The summed E-state index contributed by atoms with van der Waals surface area (Å²) in [5.41, 5.74) is 0.632. The van der Waals surface area contributed by atoms with Crippen molar-refractivity contribution < 1.29 is 19.4 Å². The number of ether oxygens (including phenoxy) is 2. The molecule has 2 atom stereocenters. The predicted molar refractivity (Wildman–Crippen MR) is 44.0 cm³/mol. The topological polar surface area (TPSA) is 55.8 Å². The average Bonchev–Trinajstić information content (AvgIpc) is 2.46. The van der Waals surface area contributed by atoms with E-state index in [0.717, 1.165) is 0 Å². The molecule has 1 heterocycles. The Hall–Kier alpha value is -0.870. The first kappa shape index (κ1) is 8.72. The van der Waals surface area contributed by atoms with Gasteiger partial charge in [-0.1, -0.05) is 0 Å². The third kappa shape index (κ3) is 1.36. The van der Waals surface area contributed by atoms with Crippen LogP contribution in [0.25, 0.3) is 0 Å². The van der Waals surface area contributed by atoms with E-state index >= 15 is 0 Å². The van der Waals surface area contributed by atoms with Gasteiger partial charge >= 0.3 is 0 Å². The average molecular weight is 184 g/mol. The molecule has 13 heavy (non-hydrogen) atoms. The first-order valence-corrected chi connectivity index (χ1v) is 4.32. The number of rotatable bonds is 1. The van der Waals surface area contributed by atoms with Crippen LogP contribution >= 0.6 is 0 Å². The first-order chi connectivity index (χ1) is 6.22. The molecule has 2 rings (SSSR count). The van der Waals surface area contributed by atoms with E-state index in [2.05, 4.69) is 0 Å². The molecule has 0 amide bonds. The number of aliphatic hydroxyl groups is 1. The highest BCUT2D eigenvalue weighted by atomic mass is 16.5. The number of carbonyl (C=O) groups excluding carboxylic acids is 1. The molecule has 4 nitrogen and oxygen atoms in total. The van der Waals surface area contributed by atoms with Crippen LogP contribution in [0.5, 0.6) is 0 Å². The molecule has 1 N–H and O–H groups in total. The van der Waals surface area contributed by atoms with E-state index in [1.165, 1.54) is 0 Å². The maximum atomic E-state index is 11.3. The van der Waals surface area contributed by atoms with Crippen LogP contribution < -0.4 is 0 Å². The van der Waals surface area contributed by atoms with Gasteiger partial charge in [-0.15, -0.1) is 0 Å². The molecule has 0 bridgehead atoms. The monoisotopic (exact) mass is 184 g/mol. The Labute approximate surface area is 76.1 Å². The van der Waals surface area contributed by atoms with Crippen LogP contribution in [-0.2, 0) is 14.3 Å². The van der Waals surface area contributed by atoms with Crippen molar-refractivity contribution in [2.24, 2.45) is 0 Å². The van der Waals surface area contributed by atoms with Gasteiger partial charge < -0.3 is 14.6 Å². The maximum absolute atomic E-state index is 11.3. The Morgan fingerprint density at radius 1 is 1.62 bits per heavy atom. The van der Waals surface area contributed by atoms with Crippen LogP contribution in [0, 0.1) is 0 Å². The highest BCUT2D eigenvalue weighted by Gasteiger charge is 2.37. The fourth-order valence-electron chi connectivity index (χ4n) is 1.87. The number of Topliss-reactive ketones (excluding diaryl/α,β-unsaturated/α-hetero) is 1. The molecule has 0 aromatic carbocycles. The van der Waals surface area contributed by atoms with E-state index in [-0.39, 0.29) is 18.5 Å². The fraction of sp³-hybridized carbons (Fsp3) is 0.667. The Kier molecular flexibility index (Phi) is 2.09. The lowest BCUT2D eigenvalue weighted by atomic mass is 9.91. The van der Waals surface area contributed by atoms with E-state index in [9.17, 15) is 9.90 Å². The van der Waals surface area contributed by atoms with Crippen molar-refractivity contribution in [1.82, 2.24) is 0 Å². The largest absolute Gasteiger partial charge is 0.489 e. The second-order valence-electron chi connectivity index (χ2n) is 3.37. The molecule has 0 fully saturated rings. The number of ketones is 1. The fourth-order valence-corrected chi connectivity index (χ4v) is 1.87. The van der Waals surface area contributed by atoms with Crippen molar-refractivity contribution in [2.45, 2.75) is 25.0 Å². The summed E-state index contributed by atoms with van der Waals surface area (Å²) in [6, 6.07) is 0. The molecule has 0 radical (unpaired) electrons. The minimum absolute atomic E-state index is 0.00579. The van der Waals surface area contributed by atoms with E-state index in [1.807, 2.05) is 0 Å². The normalized spacial score (nSPS) is 33.2. The lowest BCUT2D eigenvalue weighted by Gasteiger charge is -2.24. The minimum atomic E-state index is -0.449. The summed E-state index contributed by atoms with van der Waals surface area (Å²) >= 11 is 0. The van der Waals surface area contributed by atoms with Gasteiger partial charge in [0.25, 0.3) is 0 Å². The number of hydrogen-bond donors (Lipinski definition) is 1. The SMILES string of the molecule is COC1CC(O)CC2=C1C(=O)CO2. The molecule has 1 aliphatic carbocycles. The zero-order valence-electron chi connectivity index (χ0n) is 7.45. The van der Waals surface area contributed by atoms with Crippen LogP contribution in [0.1, 0.15) is 12.8 Å². The standard InChI is InChI=1S/C9H12O4/c1-12-7-2-5(10)3-8-9(7)6(11)4-13-8/h5,7,10H,2-4H2,1H3. The van der Waals surface area contributed by atoms with Crippen molar-refractivity contribution in [1.29, 1.82) is 0 Å². The molecule has 1 aliphatic heterocycles. The van der Waals surface area contributed by atoms with Crippen LogP contribution in [-0.4, -0.2) is 36.8 Å². The van der Waals surface area contributed by atoms with Crippen molar-refractivity contribution in [3.05, 3.63) is 11.3 Å². The summed E-state index contributed by atoms with van der Waals surface area (Å²) in [4.78, 5) is 11.3.